The Hall–Kier alpha value is -1.22. The lowest BCUT2D eigenvalue weighted by Gasteiger charge is -2.29. The predicted octanol–water partition coefficient (Wildman–Crippen LogP) is 2.07. The van der Waals surface area contributed by atoms with Crippen molar-refractivity contribution in [2.75, 3.05) is 13.1 Å². The molecule has 0 bridgehead atoms. The Morgan fingerprint density at radius 2 is 2.00 bits per heavy atom. The molecule has 2 N–H and O–H groups in total. The van der Waals surface area contributed by atoms with Gasteiger partial charge in [0.2, 0.25) is 10.0 Å². The average Bonchev–Trinajstić information content (AvgIpc) is 2.93. The molecule has 1 aromatic carbocycles. The van der Waals surface area contributed by atoms with Gasteiger partial charge < -0.3 is 5.73 Å². The van der Waals surface area contributed by atoms with E-state index in [4.69, 9.17) is 5.73 Å². The van der Waals surface area contributed by atoms with Crippen molar-refractivity contribution in [1.82, 2.24) is 4.31 Å². The lowest BCUT2D eigenvalue weighted by Crippen LogP contribution is -2.38. The number of hydrogen-bond donors (Lipinski definition) is 1. The molecule has 0 radical (unpaired) electrons. The molecule has 3 atom stereocenters. The summed E-state index contributed by atoms with van der Waals surface area (Å²) in [6.45, 7) is 2.36. The van der Waals surface area contributed by atoms with Crippen LogP contribution in [-0.4, -0.2) is 36.8 Å². The fourth-order valence-corrected chi connectivity index (χ4v) is 5.81. The second-order valence-corrected chi connectivity index (χ2v) is 8.40. The number of nitrogens with zero attached hydrogens (tertiary/aromatic N) is 2. The zero-order valence-corrected chi connectivity index (χ0v) is 15.1. The first-order valence-electron chi connectivity index (χ1n) is 7.82. The standard InChI is InChI=1S/C15H21N3O4S.ClH/c1-10-4-2-7-14(18(19)20)15(10)23(21,22)17-8-11-5-3-6-13(16)12(11)9-17;/h2,4,7,11-13H,3,5-6,8-9,16H2,1H3;1H. The first-order chi connectivity index (χ1) is 10.8. The number of hydrogen-bond acceptors (Lipinski definition) is 5. The third kappa shape index (κ3) is 3.15. The predicted molar refractivity (Wildman–Crippen MR) is 92.6 cm³/mol. The summed E-state index contributed by atoms with van der Waals surface area (Å²) in [7, 11) is -3.89. The molecular weight excluding hydrogens is 354 g/mol. The van der Waals surface area contributed by atoms with Crippen LogP contribution in [0, 0.1) is 28.9 Å². The summed E-state index contributed by atoms with van der Waals surface area (Å²) < 4.78 is 27.4. The van der Waals surface area contributed by atoms with Gasteiger partial charge in [-0.3, -0.25) is 10.1 Å². The van der Waals surface area contributed by atoms with Crippen LogP contribution in [-0.2, 0) is 10.0 Å². The Kier molecular flexibility index (Phi) is 5.54. The number of halogens is 1. The Balaban J connectivity index is 0.00000208. The van der Waals surface area contributed by atoms with Crippen LogP contribution >= 0.6 is 12.4 Å². The molecule has 1 heterocycles. The number of nitro groups is 1. The van der Waals surface area contributed by atoms with Gasteiger partial charge in [-0.1, -0.05) is 18.6 Å². The van der Waals surface area contributed by atoms with Gasteiger partial charge in [0.15, 0.2) is 4.90 Å². The van der Waals surface area contributed by atoms with Crippen molar-refractivity contribution in [2.24, 2.45) is 17.6 Å². The number of sulfonamides is 1. The van der Waals surface area contributed by atoms with E-state index in [0.717, 1.165) is 19.3 Å². The van der Waals surface area contributed by atoms with Crippen molar-refractivity contribution in [3.05, 3.63) is 33.9 Å². The molecule has 1 aliphatic heterocycles. The van der Waals surface area contributed by atoms with Crippen molar-refractivity contribution in [1.29, 1.82) is 0 Å². The number of nitro benzene ring substituents is 1. The number of aryl methyl sites for hydroxylation is 1. The van der Waals surface area contributed by atoms with Crippen molar-refractivity contribution in [3.63, 3.8) is 0 Å². The van der Waals surface area contributed by atoms with E-state index in [-0.39, 0.29) is 40.9 Å². The summed E-state index contributed by atoms with van der Waals surface area (Å²) in [4.78, 5) is 10.4. The Morgan fingerprint density at radius 3 is 2.62 bits per heavy atom. The van der Waals surface area contributed by atoms with Gasteiger partial charge >= 0.3 is 0 Å². The minimum Gasteiger partial charge on any atom is -0.327 e. The fourth-order valence-electron chi connectivity index (χ4n) is 3.92. The van der Waals surface area contributed by atoms with Crippen molar-refractivity contribution in [3.8, 4) is 0 Å². The molecule has 134 valence electrons. The van der Waals surface area contributed by atoms with E-state index in [2.05, 4.69) is 0 Å². The number of fused-ring (bicyclic) bond motifs is 1. The van der Waals surface area contributed by atoms with Gasteiger partial charge in [0.05, 0.1) is 4.92 Å². The van der Waals surface area contributed by atoms with E-state index in [0.29, 0.717) is 18.7 Å². The molecule has 1 saturated heterocycles. The van der Waals surface area contributed by atoms with Crippen molar-refractivity contribution < 1.29 is 13.3 Å². The lowest BCUT2D eigenvalue weighted by atomic mass is 9.78. The smallest absolute Gasteiger partial charge is 0.289 e. The molecule has 2 fully saturated rings. The normalized spacial score (nSPS) is 27.3. The lowest BCUT2D eigenvalue weighted by molar-refractivity contribution is -0.387. The van der Waals surface area contributed by atoms with E-state index in [1.807, 2.05) is 0 Å². The second kappa shape index (κ2) is 6.95. The third-order valence-corrected chi connectivity index (χ3v) is 7.13. The van der Waals surface area contributed by atoms with Crippen molar-refractivity contribution in [2.45, 2.75) is 37.1 Å². The molecule has 3 rings (SSSR count). The highest BCUT2D eigenvalue weighted by Gasteiger charge is 2.45. The number of nitrogens with two attached hydrogens (primary N) is 1. The van der Waals surface area contributed by atoms with Crippen LogP contribution in [0.25, 0.3) is 0 Å². The van der Waals surface area contributed by atoms with E-state index in [1.54, 1.807) is 13.0 Å². The van der Waals surface area contributed by atoms with Crippen LogP contribution in [0.4, 0.5) is 5.69 Å². The number of benzene rings is 1. The maximum atomic E-state index is 13.0. The zero-order chi connectivity index (χ0) is 16.8. The Morgan fingerprint density at radius 1 is 1.29 bits per heavy atom. The minimum atomic E-state index is -3.89. The molecule has 2 aliphatic rings. The second-order valence-electron chi connectivity index (χ2n) is 6.52. The van der Waals surface area contributed by atoms with Crippen LogP contribution in [0.1, 0.15) is 24.8 Å². The van der Waals surface area contributed by atoms with E-state index in [1.165, 1.54) is 16.4 Å². The first-order valence-corrected chi connectivity index (χ1v) is 9.26. The average molecular weight is 376 g/mol. The van der Waals surface area contributed by atoms with Gasteiger partial charge in [-0.05, 0) is 37.2 Å². The maximum Gasteiger partial charge on any atom is 0.289 e. The topological polar surface area (TPSA) is 107 Å². The van der Waals surface area contributed by atoms with Gasteiger partial charge in [-0.2, -0.15) is 4.31 Å². The fraction of sp³-hybridized carbons (Fsp3) is 0.600. The minimum absolute atomic E-state index is 0. The monoisotopic (exact) mass is 375 g/mol. The van der Waals surface area contributed by atoms with Gasteiger partial charge in [0, 0.05) is 25.2 Å². The SMILES string of the molecule is Cc1cccc([N+](=O)[O-])c1S(=O)(=O)N1CC2CCCC(N)C2C1.Cl. The highest BCUT2D eigenvalue weighted by atomic mass is 35.5. The molecule has 1 aromatic rings. The van der Waals surface area contributed by atoms with E-state index < -0.39 is 14.9 Å². The van der Waals surface area contributed by atoms with Crippen LogP contribution in [0.3, 0.4) is 0 Å². The summed E-state index contributed by atoms with van der Waals surface area (Å²) in [5, 5.41) is 11.2. The zero-order valence-electron chi connectivity index (χ0n) is 13.4. The van der Waals surface area contributed by atoms with Gasteiger partial charge in [-0.25, -0.2) is 8.42 Å². The molecule has 7 nitrogen and oxygen atoms in total. The number of rotatable bonds is 3. The van der Waals surface area contributed by atoms with Crippen LogP contribution in [0.15, 0.2) is 23.1 Å². The molecule has 1 aliphatic carbocycles. The highest BCUT2D eigenvalue weighted by molar-refractivity contribution is 7.89. The summed E-state index contributed by atoms with van der Waals surface area (Å²) in [5.74, 6) is 0.415. The van der Waals surface area contributed by atoms with E-state index >= 15 is 0 Å². The Labute approximate surface area is 147 Å². The Bertz CT molecular complexity index is 740. The van der Waals surface area contributed by atoms with Crippen LogP contribution < -0.4 is 5.73 Å². The largest absolute Gasteiger partial charge is 0.327 e. The van der Waals surface area contributed by atoms with Gasteiger partial charge in [0.1, 0.15) is 0 Å². The molecular formula is C15H22ClN3O4S. The quantitative estimate of drug-likeness (QED) is 0.642. The van der Waals surface area contributed by atoms with Crippen LogP contribution in [0.2, 0.25) is 0 Å². The molecule has 0 spiro atoms. The molecule has 9 heteroatoms. The highest BCUT2D eigenvalue weighted by Crippen LogP contribution is 2.39. The van der Waals surface area contributed by atoms with E-state index in [9.17, 15) is 18.5 Å². The van der Waals surface area contributed by atoms with Gasteiger partial charge in [-0.15, -0.1) is 12.4 Å². The molecule has 3 unspecified atom stereocenters. The maximum absolute atomic E-state index is 13.0. The molecule has 24 heavy (non-hydrogen) atoms. The summed E-state index contributed by atoms with van der Waals surface area (Å²) >= 11 is 0. The molecule has 0 amide bonds. The first kappa shape index (κ1) is 19.1. The van der Waals surface area contributed by atoms with Crippen molar-refractivity contribution >= 4 is 28.1 Å². The van der Waals surface area contributed by atoms with Crippen LogP contribution in [0.5, 0.6) is 0 Å². The van der Waals surface area contributed by atoms with Gasteiger partial charge in [0.25, 0.3) is 5.69 Å². The summed E-state index contributed by atoms with van der Waals surface area (Å²) in [6, 6.07) is 4.36. The summed E-state index contributed by atoms with van der Waals surface area (Å²) in [6.07, 6.45) is 2.90. The molecule has 0 aromatic heterocycles. The third-order valence-electron chi connectivity index (χ3n) is 5.11. The summed E-state index contributed by atoms with van der Waals surface area (Å²) in [5.41, 5.74) is 6.19. The molecule has 1 saturated carbocycles.